The van der Waals surface area contributed by atoms with E-state index in [2.05, 4.69) is 17.1 Å². The van der Waals surface area contributed by atoms with Gasteiger partial charge in [-0.15, -0.1) is 0 Å². The lowest BCUT2D eigenvalue weighted by Gasteiger charge is -2.27. The summed E-state index contributed by atoms with van der Waals surface area (Å²) in [6, 6.07) is 11.1. The second kappa shape index (κ2) is 7.19. The highest BCUT2D eigenvalue weighted by atomic mass is 35.5. The summed E-state index contributed by atoms with van der Waals surface area (Å²) in [7, 11) is 0. The molecule has 0 bridgehead atoms. The van der Waals surface area contributed by atoms with Gasteiger partial charge < -0.3 is 11.5 Å². The number of carbonyl (C=O) groups is 1. The van der Waals surface area contributed by atoms with E-state index in [4.69, 9.17) is 23.1 Å². The summed E-state index contributed by atoms with van der Waals surface area (Å²) in [5, 5.41) is 19.7. The molecule has 2 atom stereocenters. The van der Waals surface area contributed by atoms with E-state index < -0.39 is 17.7 Å². The maximum absolute atomic E-state index is 11.0. The molecule has 4 N–H and O–H groups in total. The van der Waals surface area contributed by atoms with E-state index in [0.29, 0.717) is 15.6 Å². The number of benzene rings is 1. The van der Waals surface area contributed by atoms with Gasteiger partial charge >= 0.3 is 0 Å². The highest BCUT2D eigenvalue weighted by molar-refractivity contribution is 8.03. The first kappa shape index (κ1) is 16.9. The Morgan fingerprint density at radius 3 is 2.65 bits per heavy atom. The molecule has 1 heterocycles. The van der Waals surface area contributed by atoms with E-state index >= 15 is 0 Å². The SMILES string of the molecule is N#CC1=C(SCC(N)=O)N=C(N)C(C#N)C1c1ccccc1Cl. The van der Waals surface area contributed by atoms with E-state index in [0.717, 1.165) is 11.8 Å². The predicted octanol–water partition coefficient (Wildman–Crippen LogP) is 1.89. The van der Waals surface area contributed by atoms with Gasteiger partial charge in [-0.05, 0) is 11.6 Å². The minimum Gasteiger partial charge on any atom is -0.386 e. The first-order valence-corrected chi connectivity index (χ1v) is 7.89. The summed E-state index contributed by atoms with van der Waals surface area (Å²) < 4.78 is 0. The molecule has 0 aromatic heterocycles. The molecule has 1 aliphatic heterocycles. The zero-order valence-electron chi connectivity index (χ0n) is 11.9. The van der Waals surface area contributed by atoms with Crippen LogP contribution in [0.15, 0.2) is 39.9 Å². The average molecular weight is 346 g/mol. The van der Waals surface area contributed by atoms with Gasteiger partial charge in [0.15, 0.2) is 0 Å². The fourth-order valence-electron chi connectivity index (χ4n) is 2.29. The standard InChI is InChI=1S/C15H12ClN5OS/c16-11-4-2-1-3-8(11)13-9(5-17)14(20)21-15(10(13)6-18)23-7-12(19)22/h1-4,9,13H,7H2,(H2,19,22)(H2,20,21). The Morgan fingerprint density at radius 2 is 2.09 bits per heavy atom. The van der Waals surface area contributed by atoms with Crippen LogP contribution in [0.3, 0.4) is 0 Å². The van der Waals surface area contributed by atoms with E-state index in [1.807, 2.05) is 0 Å². The van der Waals surface area contributed by atoms with Crippen LogP contribution in [-0.2, 0) is 4.79 Å². The summed E-state index contributed by atoms with van der Waals surface area (Å²) in [6.07, 6.45) is 0. The summed E-state index contributed by atoms with van der Waals surface area (Å²) in [5.41, 5.74) is 11.9. The zero-order chi connectivity index (χ0) is 17.0. The number of hydrogen-bond acceptors (Lipinski definition) is 6. The lowest BCUT2D eigenvalue weighted by Crippen LogP contribution is -2.32. The number of halogens is 1. The fraction of sp³-hybridized carbons (Fsp3) is 0.200. The molecule has 0 radical (unpaired) electrons. The molecule has 1 aromatic rings. The number of nitrogens with zero attached hydrogens (tertiary/aromatic N) is 3. The van der Waals surface area contributed by atoms with Gasteiger partial charge in [-0.3, -0.25) is 4.79 Å². The Balaban J connectivity index is 2.58. The third-order valence-corrected chi connectivity index (χ3v) is 4.63. The van der Waals surface area contributed by atoms with E-state index in [1.54, 1.807) is 24.3 Å². The van der Waals surface area contributed by atoms with Crippen LogP contribution in [0.5, 0.6) is 0 Å². The summed E-state index contributed by atoms with van der Waals surface area (Å²) >= 11 is 7.24. The number of primary amides is 1. The van der Waals surface area contributed by atoms with Gasteiger partial charge in [0.1, 0.15) is 16.8 Å². The van der Waals surface area contributed by atoms with Crippen molar-refractivity contribution in [3.8, 4) is 12.1 Å². The second-order valence-electron chi connectivity index (χ2n) is 4.73. The van der Waals surface area contributed by atoms with Crippen LogP contribution in [0.2, 0.25) is 5.02 Å². The quantitative estimate of drug-likeness (QED) is 0.860. The number of nitriles is 2. The third-order valence-electron chi connectivity index (χ3n) is 3.28. The largest absolute Gasteiger partial charge is 0.386 e. The van der Waals surface area contributed by atoms with Crippen LogP contribution in [0.4, 0.5) is 0 Å². The van der Waals surface area contributed by atoms with Crippen molar-refractivity contribution in [2.45, 2.75) is 5.92 Å². The summed E-state index contributed by atoms with van der Waals surface area (Å²) in [6.45, 7) is 0. The molecule has 8 heteroatoms. The van der Waals surface area contributed by atoms with Crippen LogP contribution in [-0.4, -0.2) is 17.5 Å². The molecule has 6 nitrogen and oxygen atoms in total. The molecule has 2 unspecified atom stereocenters. The number of nitrogens with two attached hydrogens (primary N) is 2. The Kier molecular flexibility index (Phi) is 5.28. The molecule has 0 saturated heterocycles. The monoisotopic (exact) mass is 345 g/mol. The van der Waals surface area contributed by atoms with Gasteiger partial charge in [0.05, 0.1) is 23.5 Å². The molecule has 2 rings (SSSR count). The maximum atomic E-state index is 11.0. The Bertz CT molecular complexity index is 790. The number of amidine groups is 1. The lowest BCUT2D eigenvalue weighted by atomic mass is 9.80. The molecule has 0 saturated carbocycles. The average Bonchev–Trinajstić information content (AvgIpc) is 2.52. The fourth-order valence-corrected chi connectivity index (χ4v) is 3.32. The number of allylic oxidation sites excluding steroid dienone is 1. The van der Waals surface area contributed by atoms with Crippen LogP contribution in [0.1, 0.15) is 11.5 Å². The molecular formula is C15H12ClN5OS. The van der Waals surface area contributed by atoms with Crippen LogP contribution < -0.4 is 11.5 Å². The zero-order valence-corrected chi connectivity index (χ0v) is 13.4. The summed E-state index contributed by atoms with van der Waals surface area (Å²) in [4.78, 5) is 15.1. The highest BCUT2D eigenvalue weighted by Gasteiger charge is 2.36. The van der Waals surface area contributed by atoms with Crippen LogP contribution >= 0.6 is 23.4 Å². The molecule has 1 amide bonds. The molecule has 1 aromatic carbocycles. The number of aliphatic imine (C=N–C) groups is 1. The van der Waals surface area contributed by atoms with Crippen molar-refractivity contribution < 1.29 is 4.79 Å². The normalized spacial score (nSPS) is 20.4. The highest BCUT2D eigenvalue weighted by Crippen LogP contribution is 2.42. The number of amides is 1. The lowest BCUT2D eigenvalue weighted by molar-refractivity contribution is -0.115. The minimum absolute atomic E-state index is 0.0379. The smallest absolute Gasteiger partial charge is 0.227 e. The second-order valence-corrected chi connectivity index (χ2v) is 6.10. The Morgan fingerprint density at radius 1 is 1.39 bits per heavy atom. The van der Waals surface area contributed by atoms with Crippen molar-refractivity contribution in [1.29, 1.82) is 10.5 Å². The first-order valence-electron chi connectivity index (χ1n) is 6.53. The van der Waals surface area contributed by atoms with Gasteiger partial charge in [-0.2, -0.15) is 10.5 Å². The van der Waals surface area contributed by atoms with Crippen molar-refractivity contribution in [3.05, 3.63) is 45.5 Å². The third kappa shape index (κ3) is 3.48. The molecule has 23 heavy (non-hydrogen) atoms. The number of rotatable bonds is 4. The van der Waals surface area contributed by atoms with Crippen LogP contribution in [0.25, 0.3) is 0 Å². The predicted molar refractivity (Wildman–Crippen MR) is 89.2 cm³/mol. The van der Waals surface area contributed by atoms with Gasteiger partial charge in [-0.1, -0.05) is 41.6 Å². The molecule has 1 aliphatic rings. The van der Waals surface area contributed by atoms with Crippen molar-refractivity contribution in [3.63, 3.8) is 0 Å². The number of hydrogen-bond donors (Lipinski definition) is 2. The Labute approximate surface area is 142 Å². The van der Waals surface area contributed by atoms with Gasteiger partial charge in [0.2, 0.25) is 5.91 Å². The van der Waals surface area contributed by atoms with Crippen molar-refractivity contribution in [2.24, 2.45) is 22.4 Å². The minimum atomic E-state index is -0.803. The topological polar surface area (TPSA) is 129 Å². The van der Waals surface area contributed by atoms with Crippen molar-refractivity contribution in [2.75, 3.05) is 5.75 Å². The van der Waals surface area contributed by atoms with E-state index in [9.17, 15) is 15.3 Å². The maximum Gasteiger partial charge on any atom is 0.227 e. The van der Waals surface area contributed by atoms with E-state index in [1.165, 1.54) is 0 Å². The van der Waals surface area contributed by atoms with Crippen LogP contribution in [0, 0.1) is 28.6 Å². The van der Waals surface area contributed by atoms with Gasteiger partial charge in [0.25, 0.3) is 0 Å². The molecule has 0 aliphatic carbocycles. The number of thioether (sulfide) groups is 1. The number of carbonyl (C=O) groups excluding carboxylic acids is 1. The van der Waals surface area contributed by atoms with Gasteiger partial charge in [-0.25, -0.2) is 4.99 Å². The summed E-state index contributed by atoms with van der Waals surface area (Å²) in [5.74, 6) is -1.92. The molecular weight excluding hydrogens is 334 g/mol. The first-order chi connectivity index (χ1) is 11.0. The molecule has 0 spiro atoms. The van der Waals surface area contributed by atoms with E-state index in [-0.39, 0.29) is 17.2 Å². The van der Waals surface area contributed by atoms with Crippen molar-refractivity contribution in [1.82, 2.24) is 0 Å². The van der Waals surface area contributed by atoms with Crippen molar-refractivity contribution >= 4 is 35.1 Å². The molecule has 116 valence electrons. The molecule has 0 fully saturated rings. The Hall–Kier alpha value is -2.48. The van der Waals surface area contributed by atoms with Gasteiger partial charge in [0, 0.05) is 10.9 Å².